The predicted molar refractivity (Wildman–Crippen MR) is 508 cm³/mol. The Morgan fingerprint density at radius 1 is 0.350 bits per heavy atom. The Hall–Kier alpha value is -12.3. The number of carboxylic acids is 2. The first kappa shape index (κ1) is 117. The van der Waals surface area contributed by atoms with E-state index in [2.05, 4.69) is 26.6 Å². The van der Waals surface area contributed by atoms with Crippen molar-refractivity contribution >= 4 is 77.1 Å². The van der Waals surface area contributed by atoms with E-state index in [1.54, 1.807) is 97.6 Å². The van der Waals surface area contributed by atoms with Gasteiger partial charge in [-0.3, -0.25) is 43.2 Å². The van der Waals surface area contributed by atoms with Gasteiger partial charge in [0.25, 0.3) is 0 Å². The zero-order valence-electron chi connectivity index (χ0n) is 79.2. The molecule has 11 atom stereocenters. The topological polar surface area (TPSA) is 447 Å². The summed E-state index contributed by atoms with van der Waals surface area (Å²) in [6.45, 7) is 10.7. The molecule has 0 bridgehead atoms. The summed E-state index contributed by atoms with van der Waals surface area (Å²) in [4.78, 5) is 159. The minimum atomic E-state index is -1.10. The van der Waals surface area contributed by atoms with Crippen LogP contribution in [0.3, 0.4) is 0 Å². The number of carboxylic acid groups (broad SMARTS) is 2. The fourth-order valence-corrected chi connectivity index (χ4v) is 12.9. The zero-order chi connectivity index (χ0) is 98.8. The molecule has 0 saturated carbocycles. The SMILES string of the molecule is C.C.COC(=O)[C@@H](CC(=O)[C@H](C)NC(=O)OCc1ccccc1)Cc1ccc(OC)cc1.COc1ccc(C[C@H](CC(=O)[C@H](C)NC(=O)OCc2ccccc2)C(=O)N[C@@H](Cc2ccccc2)C(=O)[C@@]2(C)CO2)cc1.COc1ccc(C[C@H](CC(=O)[C@H](C)NC(=O)OCc2ccccc2)C(=O)O)cc1.C[C@H](NC(=O)OCc1ccccc1)C(=O)O.C[C@]1(C(=O)C(N)Cc2ccccc2)CO1.[3H][3H].[U].[U]. The minimum absolute atomic E-state index is 0. The Balaban J connectivity index is 0.000000608. The summed E-state index contributed by atoms with van der Waals surface area (Å²) in [5.74, 6) is -4.57. The van der Waals surface area contributed by atoms with Gasteiger partial charge in [-0.15, -0.1) is 0 Å². The van der Waals surface area contributed by atoms with E-state index in [9.17, 15) is 67.4 Å². The van der Waals surface area contributed by atoms with Gasteiger partial charge in [-0.1, -0.05) is 233 Å². The van der Waals surface area contributed by atoms with Crippen molar-refractivity contribution < 1.29 is 185 Å². The van der Waals surface area contributed by atoms with E-state index in [1.165, 1.54) is 21.0 Å². The van der Waals surface area contributed by atoms with Crippen LogP contribution in [-0.2, 0) is 135 Å². The van der Waals surface area contributed by atoms with E-state index in [4.69, 9.17) is 61.2 Å². The number of ether oxygens (including phenoxy) is 10. The second kappa shape index (κ2) is 62.4. The first-order chi connectivity index (χ1) is 64.7. The van der Waals surface area contributed by atoms with Gasteiger partial charge in [0.15, 0.2) is 28.9 Å². The molecule has 137 heavy (non-hydrogen) atoms. The van der Waals surface area contributed by atoms with Crippen molar-refractivity contribution in [2.24, 2.45) is 23.5 Å². The van der Waals surface area contributed by atoms with Gasteiger partial charge in [0.2, 0.25) is 5.91 Å². The number of hydrogen-bond acceptors (Lipinski definition) is 24. The Kier molecular flexibility index (Phi) is 53.3. The van der Waals surface area contributed by atoms with Crippen molar-refractivity contribution in [2.45, 2.75) is 182 Å². The first-order valence-corrected chi connectivity index (χ1v) is 43.1. The summed E-state index contributed by atoms with van der Waals surface area (Å²) in [5.41, 5.74) is 12.1. The van der Waals surface area contributed by atoms with Crippen LogP contribution in [0.4, 0.5) is 19.2 Å². The van der Waals surface area contributed by atoms with Crippen LogP contribution < -0.4 is 46.5 Å². The number of epoxide rings is 2. The number of carbonyl (C=O) groups is 13. The van der Waals surface area contributed by atoms with Gasteiger partial charge in [0.05, 0.1) is 83.7 Å². The van der Waals surface area contributed by atoms with Gasteiger partial charge in [-0.2, -0.15) is 0 Å². The van der Waals surface area contributed by atoms with Crippen molar-refractivity contribution in [3.05, 3.63) is 305 Å². The molecule has 2 fully saturated rings. The maximum absolute atomic E-state index is 13.8. The molecule has 0 spiro atoms. The largest absolute Gasteiger partial charge is 0.497 e. The van der Waals surface area contributed by atoms with Crippen molar-refractivity contribution in [1.29, 1.82) is 0 Å². The zero-order valence-corrected chi connectivity index (χ0v) is 85.5. The molecule has 31 nitrogen and oxygen atoms in total. The van der Waals surface area contributed by atoms with Crippen molar-refractivity contribution in [3.63, 3.8) is 0 Å². The van der Waals surface area contributed by atoms with Gasteiger partial charge >= 0.3 is 42.3 Å². The predicted octanol–water partition coefficient (Wildman–Crippen LogP) is 14.5. The Morgan fingerprint density at radius 3 is 0.891 bits per heavy atom. The summed E-state index contributed by atoms with van der Waals surface area (Å²) < 4.78 is 61.1. The molecule has 2 aliphatic rings. The van der Waals surface area contributed by atoms with Gasteiger partial charge in [0.1, 0.15) is 60.9 Å². The van der Waals surface area contributed by atoms with E-state index >= 15 is 0 Å². The number of hydrogen-bond donors (Lipinski definition) is 8. The van der Waals surface area contributed by atoms with Gasteiger partial charge in [0, 0.05) is 90.4 Å². The first-order valence-electron chi connectivity index (χ1n) is 44.1. The van der Waals surface area contributed by atoms with Crippen LogP contribution in [0.15, 0.2) is 255 Å². The van der Waals surface area contributed by atoms with Crippen LogP contribution in [0.25, 0.3) is 0 Å². The van der Waals surface area contributed by atoms with Crippen molar-refractivity contribution in [1.82, 2.24) is 26.6 Å². The normalized spacial score (nSPS) is 15.1. The van der Waals surface area contributed by atoms with Gasteiger partial charge in [-0.25, -0.2) is 19.2 Å². The molecule has 0 radical (unpaired) electrons. The summed E-state index contributed by atoms with van der Waals surface area (Å²) in [6.07, 6.45) is -1.63. The number of alkyl carbamates (subject to hydrolysis) is 4. The number of amides is 5. The molecule has 2 saturated heterocycles. The number of Topliss-reactive ketones (excluding diaryl/α,β-unsaturated/α-hetero) is 5. The van der Waals surface area contributed by atoms with Crippen molar-refractivity contribution in [2.75, 3.05) is 41.7 Å². The maximum atomic E-state index is 13.8. The molecule has 9 N–H and O–H groups in total. The molecule has 2 aliphatic heterocycles. The number of nitrogens with one attached hydrogen (secondary N) is 5. The summed E-state index contributed by atoms with van der Waals surface area (Å²) in [5, 5.41) is 30.7. The standard InChI is InChI=1S/C34H38N2O7.C23H27NO6.C22H25NO6.C12H15NO2.C11H13NO4.2CH4.2U.H2/c1-23(35-33(40)42-21-26-12-8-5-9-13-26)30(37)20-27(18-25-14-16-28(41-3)17-15-25)32(39)36-29(31(38)34(2)22-43-34)19-24-10-6-4-7-11-24;1-16(24-23(27)30-15-18-7-5-4-6-8-18)21(25)14-19(22(26)29-3)13-17-9-11-20(28-2)12-10-17;1-15(23-22(27)29-14-17-6-4-3-5-7-17)20(24)13-18(21(25)26)12-16-8-10-19(28-2)11-9-16;1-12(8-15-12)11(14)10(13)7-9-5-3-2-4-6-9;1-8(10(13)14)12-11(15)16-7-9-5-3-2-4-6-9;;;;;/h4-17,23,27,29H,18-22H2,1-3H3,(H,35,40)(H,36,39);4-12,16,19H,13-15H2,1-3H3,(H,24,27);3-11,15,18H,12-14H2,1-2H3,(H,23,27)(H,25,26);2-6,10H,7-8,13H2,1H3;2-6,8H,7H2,1H3,(H,12,15)(H,13,14);2*1H4;;;1H/t23-,27+,29-,34+;16-,19+;15-,18+;10?,12-;8-;;;;;/m00010...../s1/i;;;;;;;;;1+2T. The van der Waals surface area contributed by atoms with Crippen LogP contribution in [0, 0.1) is 80.0 Å². The number of carbonyl (C=O) groups excluding carboxylic acids is 11. The molecule has 0 aliphatic carbocycles. The van der Waals surface area contributed by atoms with Gasteiger partial charge < -0.3 is 89.9 Å². The second-order valence-electron chi connectivity index (χ2n) is 32.0. The average molecular weight is 2340 g/mol. The molecule has 5 amide bonds. The molecule has 11 rings (SSSR count). The van der Waals surface area contributed by atoms with Crippen LogP contribution in [-0.4, -0.2) is 176 Å². The molecule has 33 heteroatoms. The van der Waals surface area contributed by atoms with Crippen LogP contribution in [0.5, 0.6) is 17.2 Å². The Bertz CT molecular complexity index is 5220. The third kappa shape index (κ3) is 44.1. The van der Waals surface area contributed by atoms with Crippen LogP contribution >= 0.6 is 0 Å². The third-order valence-electron chi connectivity index (χ3n) is 21.3. The van der Waals surface area contributed by atoms with E-state index in [0.29, 0.717) is 49.7 Å². The molecular weight excluding hydrogens is 2210 g/mol. The van der Waals surface area contributed by atoms with E-state index in [-0.39, 0.29) is 165 Å². The van der Waals surface area contributed by atoms with E-state index < -0.39 is 113 Å². The number of aliphatic carboxylic acids is 2. The fraction of sp³-hybridized carbons (Fsp3) is 0.356. The Morgan fingerprint density at radius 2 is 0.606 bits per heavy atom. The molecule has 2 heterocycles. The quantitative estimate of drug-likeness (QED) is 0.00999. The fourth-order valence-electron chi connectivity index (χ4n) is 12.9. The van der Waals surface area contributed by atoms with E-state index in [1.807, 2.05) is 206 Å². The smallest absolute Gasteiger partial charge is 0.408 e. The second-order valence-corrected chi connectivity index (χ2v) is 32.0. The van der Waals surface area contributed by atoms with Gasteiger partial charge in [-0.05, 0) is 160 Å². The molecular formula is C104H128N6O25U2. The number of nitrogens with two attached hydrogens (primary N) is 1. The monoisotopic (exact) mass is 2340 g/mol. The maximum Gasteiger partial charge on any atom is 0.408 e. The number of benzene rings is 9. The van der Waals surface area contributed by atoms with Crippen LogP contribution in [0.1, 0.15) is 129 Å². The van der Waals surface area contributed by atoms with E-state index in [0.717, 1.165) is 50.1 Å². The molecule has 1 unspecified atom stereocenters. The summed E-state index contributed by atoms with van der Waals surface area (Å²) in [6, 6.07) is 72.6. The summed E-state index contributed by atoms with van der Waals surface area (Å²) in [7, 11) is 5.98. The molecule has 0 aromatic heterocycles. The third-order valence-corrected chi connectivity index (χ3v) is 21.3. The Labute approximate surface area is 851 Å². The number of esters is 1. The van der Waals surface area contributed by atoms with Crippen LogP contribution in [0.2, 0.25) is 0 Å². The number of ketones is 5. The van der Waals surface area contributed by atoms with Crippen molar-refractivity contribution in [3.8, 4) is 17.2 Å². The average Bonchev–Trinajstić information content (AvgIpc) is 1.64. The molecule has 9 aromatic carbocycles. The number of methoxy groups -OCH3 is 4. The molecule has 9 aromatic rings. The minimum Gasteiger partial charge on any atom is -0.497 e. The number of rotatable bonds is 43. The summed E-state index contributed by atoms with van der Waals surface area (Å²) >= 11 is 0. The molecule has 732 valence electrons.